The van der Waals surface area contributed by atoms with Crippen LogP contribution in [-0.2, 0) is 14.4 Å². The largest absolute Gasteiger partial charge is 0.464 e. The summed E-state index contributed by atoms with van der Waals surface area (Å²) in [7, 11) is 2.69. The van der Waals surface area contributed by atoms with E-state index in [4.69, 9.17) is 0 Å². The SMILES string of the molecule is CONC(=CBr)C(=O)OC. The van der Waals surface area contributed by atoms with Crippen molar-refractivity contribution in [2.24, 2.45) is 0 Å². The molecular formula is C5H8BrNO3. The van der Waals surface area contributed by atoms with E-state index in [1.807, 2.05) is 0 Å². The average Bonchev–Trinajstić information content (AvgIpc) is 1.99. The summed E-state index contributed by atoms with van der Waals surface area (Å²) in [6.45, 7) is 0. The third kappa shape index (κ3) is 2.84. The molecule has 0 aliphatic heterocycles. The molecule has 0 aliphatic rings. The van der Waals surface area contributed by atoms with Crippen LogP contribution in [0.25, 0.3) is 0 Å². The topological polar surface area (TPSA) is 47.6 Å². The van der Waals surface area contributed by atoms with E-state index in [1.54, 1.807) is 0 Å². The first-order valence-electron chi connectivity index (χ1n) is 2.44. The van der Waals surface area contributed by atoms with Crippen molar-refractivity contribution in [1.82, 2.24) is 5.48 Å². The van der Waals surface area contributed by atoms with E-state index in [0.717, 1.165) is 0 Å². The lowest BCUT2D eigenvalue weighted by Crippen LogP contribution is -2.19. The van der Waals surface area contributed by atoms with Crippen molar-refractivity contribution in [3.05, 3.63) is 10.7 Å². The lowest BCUT2D eigenvalue weighted by molar-refractivity contribution is -0.137. The molecule has 0 atom stereocenters. The molecule has 0 aromatic carbocycles. The predicted molar refractivity (Wildman–Crippen MR) is 39.2 cm³/mol. The molecular weight excluding hydrogens is 202 g/mol. The Bertz CT molecular complexity index is 146. The van der Waals surface area contributed by atoms with E-state index >= 15 is 0 Å². The summed E-state index contributed by atoms with van der Waals surface area (Å²) >= 11 is 2.95. The van der Waals surface area contributed by atoms with Crippen molar-refractivity contribution >= 4 is 21.9 Å². The van der Waals surface area contributed by atoms with Crippen LogP contribution in [0.5, 0.6) is 0 Å². The van der Waals surface area contributed by atoms with Gasteiger partial charge in [-0.05, 0) is 0 Å². The Kier molecular flexibility index (Phi) is 4.96. The van der Waals surface area contributed by atoms with E-state index in [0.29, 0.717) is 0 Å². The number of halogens is 1. The molecule has 4 nitrogen and oxygen atoms in total. The van der Waals surface area contributed by atoms with Crippen molar-refractivity contribution in [2.45, 2.75) is 0 Å². The van der Waals surface area contributed by atoms with E-state index in [-0.39, 0.29) is 5.70 Å². The second-order valence-electron chi connectivity index (χ2n) is 1.32. The zero-order valence-electron chi connectivity index (χ0n) is 5.68. The number of carbonyl (C=O) groups is 1. The molecule has 0 unspecified atom stereocenters. The van der Waals surface area contributed by atoms with Gasteiger partial charge in [0.25, 0.3) is 0 Å². The van der Waals surface area contributed by atoms with Crippen molar-refractivity contribution < 1.29 is 14.4 Å². The number of rotatable bonds is 3. The van der Waals surface area contributed by atoms with Gasteiger partial charge in [0.1, 0.15) is 0 Å². The minimum atomic E-state index is -0.487. The minimum absolute atomic E-state index is 0.213. The smallest absolute Gasteiger partial charge is 0.356 e. The zero-order valence-corrected chi connectivity index (χ0v) is 7.27. The molecule has 0 aliphatic carbocycles. The van der Waals surface area contributed by atoms with E-state index in [2.05, 4.69) is 31.0 Å². The molecule has 5 heteroatoms. The van der Waals surface area contributed by atoms with Crippen LogP contribution >= 0.6 is 15.9 Å². The molecule has 0 radical (unpaired) electrons. The van der Waals surface area contributed by atoms with Crippen LogP contribution in [0.15, 0.2) is 10.7 Å². The third-order valence-corrected chi connectivity index (χ3v) is 1.18. The quantitative estimate of drug-likeness (QED) is 0.419. The maximum absolute atomic E-state index is 10.7. The highest BCUT2D eigenvalue weighted by Gasteiger charge is 2.06. The fourth-order valence-electron chi connectivity index (χ4n) is 0.328. The molecule has 0 fully saturated rings. The monoisotopic (exact) mass is 209 g/mol. The summed E-state index contributed by atoms with van der Waals surface area (Å²) in [4.78, 5) is 16.5. The molecule has 0 saturated heterocycles. The van der Waals surface area contributed by atoms with Crippen LogP contribution in [0, 0.1) is 0 Å². The zero-order chi connectivity index (χ0) is 7.98. The number of methoxy groups -OCH3 is 1. The highest BCUT2D eigenvalue weighted by Crippen LogP contribution is 1.96. The Morgan fingerprint density at radius 3 is 2.50 bits per heavy atom. The molecule has 0 rings (SSSR count). The minimum Gasteiger partial charge on any atom is -0.464 e. The van der Waals surface area contributed by atoms with Crippen LogP contribution in [0.4, 0.5) is 0 Å². The van der Waals surface area contributed by atoms with Gasteiger partial charge in [-0.15, -0.1) is 0 Å². The van der Waals surface area contributed by atoms with Gasteiger partial charge in [-0.2, -0.15) is 0 Å². The first kappa shape index (κ1) is 9.45. The summed E-state index contributed by atoms with van der Waals surface area (Å²) in [5.74, 6) is -0.487. The lowest BCUT2D eigenvalue weighted by atomic mass is 10.5. The van der Waals surface area contributed by atoms with Gasteiger partial charge in [-0.3, -0.25) is 10.3 Å². The maximum atomic E-state index is 10.7. The predicted octanol–water partition coefficient (Wildman–Crippen LogP) is 0.547. The Balaban J connectivity index is 3.95. The summed E-state index contributed by atoms with van der Waals surface area (Å²) in [6.07, 6.45) is 0. The number of hydroxylamine groups is 1. The number of carbonyl (C=O) groups excluding carboxylic acids is 1. The van der Waals surface area contributed by atoms with Gasteiger partial charge in [0.15, 0.2) is 5.70 Å². The Morgan fingerprint density at radius 1 is 1.60 bits per heavy atom. The Labute approximate surface area is 67.3 Å². The first-order valence-corrected chi connectivity index (χ1v) is 3.35. The van der Waals surface area contributed by atoms with E-state index in [1.165, 1.54) is 19.2 Å². The fraction of sp³-hybridized carbons (Fsp3) is 0.400. The van der Waals surface area contributed by atoms with Crippen LogP contribution in [0.1, 0.15) is 0 Å². The number of esters is 1. The van der Waals surface area contributed by atoms with Gasteiger partial charge in [0.05, 0.1) is 14.2 Å². The van der Waals surface area contributed by atoms with Gasteiger partial charge in [0, 0.05) is 4.99 Å². The van der Waals surface area contributed by atoms with E-state index < -0.39 is 5.97 Å². The summed E-state index contributed by atoms with van der Waals surface area (Å²) < 4.78 is 4.38. The fourth-order valence-corrected chi connectivity index (χ4v) is 0.609. The standard InChI is InChI=1S/C5H8BrNO3/c1-9-5(8)4(3-6)7-10-2/h3,7H,1-2H3. The molecule has 0 heterocycles. The van der Waals surface area contributed by atoms with Crippen molar-refractivity contribution in [3.63, 3.8) is 0 Å². The van der Waals surface area contributed by atoms with Crippen LogP contribution in [0.3, 0.4) is 0 Å². The molecule has 0 spiro atoms. The molecule has 0 saturated carbocycles. The number of hydrogen-bond donors (Lipinski definition) is 1. The normalized spacial score (nSPS) is 10.9. The average molecular weight is 210 g/mol. The maximum Gasteiger partial charge on any atom is 0.356 e. The molecule has 0 aromatic heterocycles. The Morgan fingerprint density at radius 2 is 2.20 bits per heavy atom. The van der Waals surface area contributed by atoms with Crippen molar-refractivity contribution in [2.75, 3.05) is 14.2 Å². The third-order valence-electron chi connectivity index (χ3n) is 0.726. The number of ether oxygens (including phenoxy) is 1. The Hall–Kier alpha value is -0.550. The molecule has 58 valence electrons. The molecule has 0 aromatic rings. The van der Waals surface area contributed by atoms with Gasteiger partial charge in [-0.1, -0.05) is 15.9 Å². The first-order chi connectivity index (χ1) is 4.76. The summed E-state index contributed by atoms with van der Waals surface area (Å²) in [6, 6.07) is 0. The van der Waals surface area contributed by atoms with Crippen molar-refractivity contribution in [1.29, 1.82) is 0 Å². The number of nitrogens with one attached hydrogen (secondary N) is 1. The van der Waals surface area contributed by atoms with Crippen LogP contribution < -0.4 is 5.48 Å². The second kappa shape index (κ2) is 5.25. The summed E-state index contributed by atoms with van der Waals surface area (Å²) in [5.41, 5.74) is 2.54. The second-order valence-corrected chi connectivity index (χ2v) is 1.78. The highest BCUT2D eigenvalue weighted by molar-refractivity contribution is 9.11. The lowest BCUT2D eigenvalue weighted by Gasteiger charge is -2.03. The number of hydrogen-bond acceptors (Lipinski definition) is 4. The highest BCUT2D eigenvalue weighted by atomic mass is 79.9. The molecule has 1 N–H and O–H groups in total. The molecule has 10 heavy (non-hydrogen) atoms. The van der Waals surface area contributed by atoms with Gasteiger partial charge in [0.2, 0.25) is 0 Å². The van der Waals surface area contributed by atoms with Crippen LogP contribution in [-0.4, -0.2) is 20.2 Å². The summed E-state index contributed by atoms with van der Waals surface area (Å²) in [5, 5.41) is 0. The molecule has 0 bridgehead atoms. The van der Waals surface area contributed by atoms with E-state index in [9.17, 15) is 4.79 Å². The van der Waals surface area contributed by atoms with Gasteiger partial charge < -0.3 is 4.74 Å². The van der Waals surface area contributed by atoms with Gasteiger partial charge >= 0.3 is 5.97 Å². The van der Waals surface area contributed by atoms with Gasteiger partial charge in [-0.25, -0.2) is 4.79 Å². The van der Waals surface area contributed by atoms with Crippen LogP contribution in [0.2, 0.25) is 0 Å². The molecule has 0 amide bonds. The van der Waals surface area contributed by atoms with Crippen molar-refractivity contribution in [3.8, 4) is 0 Å².